The molecule has 16 heavy (non-hydrogen) atoms. The Bertz CT molecular complexity index is 584. The summed E-state index contributed by atoms with van der Waals surface area (Å²) in [6.07, 6.45) is 2.77. The van der Waals surface area contributed by atoms with E-state index in [1.165, 1.54) is 0 Å². The van der Waals surface area contributed by atoms with Crippen LogP contribution in [0.25, 0.3) is 16.2 Å². The first-order chi connectivity index (χ1) is 7.58. The molecular weight excluding hydrogens is 244 g/mol. The maximum Gasteiger partial charge on any atom is 0.328 e. The quantitative estimate of drug-likeness (QED) is 0.822. The van der Waals surface area contributed by atoms with Crippen LogP contribution in [0.1, 0.15) is 10.4 Å². The number of benzene rings is 1. The monoisotopic (exact) mass is 252 g/mol. The zero-order chi connectivity index (χ0) is 11.7. The summed E-state index contributed by atoms with van der Waals surface area (Å²) in [5.41, 5.74) is 1.09. The van der Waals surface area contributed by atoms with Crippen molar-refractivity contribution in [2.24, 2.45) is 0 Å². The molecule has 0 aliphatic heterocycles. The SMILES string of the molecule is Cc1c(/C=C/C(=O)O)sc2cc(Cl)ccc12. The molecule has 2 aromatic rings. The Morgan fingerprint density at radius 2 is 2.25 bits per heavy atom. The van der Waals surface area contributed by atoms with Gasteiger partial charge in [-0.05, 0) is 36.1 Å². The summed E-state index contributed by atoms with van der Waals surface area (Å²) in [5, 5.41) is 10.4. The molecule has 4 heteroatoms. The van der Waals surface area contributed by atoms with Crippen molar-refractivity contribution < 1.29 is 9.90 Å². The van der Waals surface area contributed by atoms with Gasteiger partial charge in [-0.25, -0.2) is 4.79 Å². The summed E-state index contributed by atoms with van der Waals surface area (Å²) >= 11 is 7.45. The lowest BCUT2D eigenvalue weighted by Crippen LogP contribution is -1.85. The molecule has 0 aliphatic carbocycles. The van der Waals surface area contributed by atoms with Gasteiger partial charge in [-0.15, -0.1) is 11.3 Å². The molecule has 0 radical (unpaired) electrons. The Morgan fingerprint density at radius 3 is 2.94 bits per heavy atom. The molecule has 0 bridgehead atoms. The van der Waals surface area contributed by atoms with Crippen molar-refractivity contribution in [3.63, 3.8) is 0 Å². The Morgan fingerprint density at radius 1 is 1.50 bits per heavy atom. The van der Waals surface area contributed by atoms with Crippen LogP contribution in [0.3, 0.4) is 0 Å². The fraction of sp³-hybridized carbons (Fsp3) is 0.0833. The van der Waals surface area contributed by atoms with E-state index < -0.39 is 5.97 Å². The molecule has 1 aromatic heterocycles. The molecule has 0 saturated heterocycles. The first-order valence-corrected chi connectivity index (χ1v) is 5.87. The highest BCUT2D eigenvalue weighted by Crippen LogP contribution is 2.33. The number of aryl methyl sites for hydroxylation is 1. The highest BCUT2D eigenvalue weighted by molar-refractivity contribution is 7.20. The minimum atomic E-state index is -0.935. The van der Waals surface area contributed by atoms with E-state index in [1.807, 2.05) is 25.1 Å². The largest absolute Gasteiger partial charge is 0.478 e. The van der Waals surface area contributed by atoms with Gasteiger partial charge in [0.2, 0.25) is 0 Å². The van der Waals surface area contributed by atoms with E-state index in [0.717, 1.165) is 26.6 Å². The molecule has 0 spiro atoms. The highest BCUT2D eigenvalue weighted by atomic mass is 35.5. The van der Waals surface area contributed by atoms with Crippen LogP contribution < -0.4 is 0 Å². The molecule has 0 amide bonds. The molecule has 1 heterocycles. The van der Waals surface area contributed by atoms with Crippen LogP contribution >= 0.6 is 22.9 Å². The second kappa shape index (κ2) is 4.28. The van der Waals surface area contributed by atoms with E-state index >= 15 is 0 Å². The van der Waals surface area contributed by atoms with Crippen molar-refractivity contribution >= 4 is 45.1 Å². The third-order valence-corrected chi connectivity index (χ3v) is 3.77. The van der Waals surface area contributed by atoms with Gasteiger partial charge in [-0.2, -0.15) is 0 Å². The summed E-state index contributed by atoms with van der Waals surface area (Å²) < 4.78 is 1.08. The van der Waals surface area contributed by atoms with E-state index in [-0.39, 0.29) is 0 Å². The maximum absolute atomic E-state index is 10.4. The molecule has 0 fully saturated rings. The van der Waals surface area contributed by atoms with Crippen LogP contribution in [-0.4, -0.2) is 11.1 Å². The molecular formula is C12H9ClO2S. The predicted octanol–water partition coefficient (Wildman–Crippen LogP) is 3.96. The lowest BCUT2D eigenvalue weighted by Gasteiger charge is -1.92. The van der Waals surface area contributed by atoms with Crippen molar-refractivity contribution in [2.45, 2.75) is 6.92 Å². The summed E-state index contributed by atoms with van der Waals surface area (Å²) in [7, 11) is 0. The number of thiophene rings is 1. The zero-order valence-electron chi connectivity index (χ0n) is 8.53. The molecule has 0 saturated carbocycles. The van der Waals surface area contributed by atoms with Crippen LogP contribution in [0.5, 0.6) is 0 Å². The van der Waals surface area contributed by atoms with Gasteiger partial charge < -0.3 is 5.11 Å². The first kappa shape index (κ1) is 11.2. The van der Waals surface area contributed by atoms with E-state index in [4.69, 9.17) is 16.7 Å². The van der Waals surface area contributed by atoms with Crippen LogP contribution in [0.15, 0.2) is 24.3 Å². The van der Waals surface area contributed by atoms with Crippen molar-refractivity contribution in [1.82, 2.24) is 0 Å². The average Bonchev–Trinajstić information content (AvgIpc) is 2.52. The fourth-order valence-corrected chi connectivity index (χ4v) is 2.91. The van der Waals surface area contributed by atoms with Gasteiger partial charge in [-0.1, -0.05) is 17.7 Å². The lowest BCUT2D eigenvalue weighted by atomic mass is 10.1. The molecule has 2 nitrogen and oxygen atoms in total. The number of halogens is 1. The van der Waals surface area contributed by atoms with Crippen molar-refractivity contribution in [1.29, 1.82) is 0 Å². The smallest absolute Gasteiger partial charge is 0.328 e. The number of hydrogen-bond acceptors (Lipinski definition) is 2. The van der Waals surface area contributed by atoms with Gasteiger partial charge in [0.15, 0.2) is 0 Å². The van der Waals surface area contributed by atoms with E-state index in [1.54, 1.807) is 17.4 Å². The molecule has 0 aliphatic rings. The van der Waals surface area contributed by atoms with Gasteiger partial charge in [0.05, 0.1) is 0 Å². The molecule has 0 unspecified atom stereocenters. The van der Waals surface area contributed by atoms with E-state index in [2.05, 4.69) is 0 Å². The van der Waals surface area contributed by atoms with Crippen molar-refractivity contribution in [2.75, 3.05) is 0 Å². The fourth-order valence-electron chi connectivity index (χ4n) is 1.52. The predicted molar refractivity (Wildman–Crippen MR) is 68.2 cm³/mol. The number of carbonyl (C=O) groups is 1. The van der Waals surface area contributed by atoms with Crippen LogP contribution in [0.4, 0.5) is 0 Å². The summed E-state index contributed by atoms with van der Waals surface area (Å²) in [6.45, 7) is 1.98. The second-order valence-corrected chi connectivity index (χ2v) is 4.92. The molecule has 1 aromatic carbocycles. The van der Waals surface area contributed by atoms with Crippen molar-refractivity contribution in [3.8, 4) is 0 Å². The van der Waals surface area contributed by atoms with Crippen LogP contribution in [0, 0.1) is 6.92 Å². The van der Waals surface area contributed by atoms with Gasteiger partial charge in [0.25, 0.3) is 0 Å². The molecule has 2 rings (SSSR count). The third-order valence-electron chi connectivity index (χ3n) is 2.31. The van der Waals surface area contributed by atoms with Crippen LogP contribution in [0.2, 0.25) is 5.02 Å². The standard InChI is InChI=1S/C12H9ClO2S/c1-7-9-3-2-8(13)6-11(9)16-10(7)4-5-12(14)15/h2-6H,1H3,(H,14,15)/b5-4+. The number of rotatable bonds is 2. The Hall–Kier alpha value is -1.32. The number of carboxylic acid groups (broad SMARTS) is 1. The van der Waals surface area contributed by atoms with Gasteiger partial charge >= 0.3 is 5.97 Å². The van der Waals surface area contributed by atoms with E-state index in [0.29, 0.717) is 5.02 Å². The number of carboxylic acids is 1. The molecule has 82 valence electrons. The minimum absolute atomic E-state index is 0.697. The lowest BCUT2D eigenvalue weighted by molar-refractivity contribution is -0.131. The van der Waals surface area contributed by atoms with Crippen molar-refractivity contribution in [3.05, 3.63) is 39.7 Å². The number of aliphatic carboxylic acids is 1. The second-order valence-electron chi connectivity index (χ2n) is 3.40. The van der Waals surface area contributed by atoms with Gasteiger partial charge in [0, 0.05) is 20.7 Å². The van der Waals surface area contributed by atoms with Crippen LogP contribution in [-0.2, 0) is 4.79 Å². The zero-order valence-corrected chi connectivity index (χ0v) is 10.1. The Labute approximate surface area is 102 Å². The number of fused-ring (bicyclic) bond motifs is 1. The summed E-state index contributed by atoms with van der Waals surface area (Å²) in [4.78, 5) is 11.4. The molecule has 1 N–H and O–H groups in total. The minimum Gasteiger partial charge on any atom is -0.478 e. The molecule has 0 atom stereocenters. The average molecular weight is 253 g/mol. The number of hydrogen-bond donors (Lipinski definition) is 1. The maximum atomic E-state index is 10.4. The topological polar surface area (TPSA) is 37.3 Å². The first-order valence-electron chi connectivity index (χ1n) is 4.67. The Kier molecular flexibility index (Phi) is 2.99. The summed E-state index contributed by atoms with van der Waals surface area (Å²) in [5.74, 6) is -0.935. The van der Waals surface area contributed by atoms with Gasteiger partial charge in [0.1, 0.15) is 0 Å². The summed E-state index contributed by atoms with van der Waals surface area (Å²) in [6, 6.07) is 5.70. The van der Waals surface area contributed by atoms with E-state index in [9.17, 15) is 4.79 Å². The Balaban J connectivity index is 2.55. The normalized spacial score (nSPS) is 11.4. The third kappa shape index (κ3) is 2.10. The highest BCUT2D eigenvalue weighted by Gasteiger charge is 2.06. The van der Waals surface area contributed by atoms with Gasteiger partial charge in [-0.3, -0.25) is 0 Å².